The number of rotatable bonds is 6. The van der Waals surface area contributed by atoms with Gasteiger partial charge in [0.2, 0.25) is 5.95 Å². The molecule has 0 saturated heterocycles. The number of aromatic nitrogens is 4. The van der Waals surface area contributed by atoms with Crippen LogP contribution in [0.15, 0.2) is 194 Å². The molecule has 3 heterocycles. The molecule has 8 aromatic carbocycles. The molecule has 0 aliphatic carbocycles. The Balaban J connectivity index is 1.21. The Labute approximate surface area is 333 Å². The van der Waals surface area contributed by atoms with E-state index >= 15 is 0 Å². The van der Waals surface area contributed by atoms with Crippen LogP contribution in [0.3, 0.4) is 0 Å². The Bertz CT molecular complexity index is 3460. The number of nitrogens with zero attached hydrogens (tertiary/aromatic N) is 4. The second-order valence-electron chi connectivity index (χ2n) is 13.7. The van der Waals surface area contributed by atoms with Gasteiger partial charge in [0.15, 0.2) is 11.6 Å². The first-order valence-electron chi connectivity index (χ1n) is 20.5. The fourth-order valence-electron chi connectivity index (χ4n) is 7.75. The Morgan fingerprint density at radius 2 is 0.964 bits per heavy atom. The van der Waals surface area contributed by atoms with Gasteiger partial charge in [-0.25, -0.2) is 4.98 Å². The van der Waals surface area contributed by atoms with E-state index in [4.69, 9.17) is 17.7 Å². The van der Waals surface area contributed by atoms with Gasteiger partial charge in [0.05, 0.1) is 16.5 Å². The molecule has 0 spiro atoms. The Morgan fingerprint density at radius 1 is 0.411 bits per heavy atom. The van der Waals surface area contributed by atoms with Gasteiger partial charge in [-0.3, -0.25) is 4.57 Å². The molecular formula is C51H32N4S. The van der Waals surface area contributed by atoms with Crippen LogP contribution in [0.5, 0.6) is 0 Å². The number of thiophene rings is 1. The van der Waals surface area contributed by atoms with Crippen LogP contribution in [-0.4, -0.2) is 19.5 Å². The Morgan fingerprint density at radius 3 is 1.70 bits per heavy atom. The zero-order chi connectivity index (χ0) is 40.5. The predicted molar refractivity (Wildman–Crippen MR) is 234 cm³/mol. The molecule has 0 aliphatic rings. The smallest absolute Gasteiger partial charge is 0.238 e. The largest absolute Gasteiger partial charge is 0.277 e. The molecule has 0 aliphatic heterocycles. The minimum Gasteiger partial charge on any atom is -0.277 e. The standard InChI is InChI=1S/C51H32N4S/c1-3-13-33(14-4-1)35-25-29-37(30-26-35)39-19-11-20-42-40-17-7-9-23-45(40)55(47(39)42)51-53-49(38-31-27-36(28-32-38)34-15-5-2-6-16-34)52-50(54-51)44-22-12-21-43-41-18-8-10-24-46(41)56-48(43)44/h1-32H/i7D,9D,17D,23D. The highest BCUT2D eigenvalue weighted by Gasteiger charge is 2.22. The molecule has 262 valence electrons. The van der Waals surface area contributed by atoms with E-state index in [9.17, 15) is 2.74 Å². The van der Waals surface area contributed by atoms with Gasteiger partial charge in [0, 0.05) is 47.6 Å². The van der Waals surface area contributed by atoms with Crippen LogP contribution < -0.4 is 0 Å². The summed E-state index contributed by atoms with van der Waals surface area (Å²) in [4.78, 5) is 15.6. The molecule has 11 rings (SSSR count). The lowest BCUT2D eigenvalue weighted by atomic mass is 9.98. The fourth-order valence-corrected chi connectivity index (χ4v) is 8.96. The molecule has 56 heavy (non-hydrogen) atoms. The molecule has 0 radical (unpaired) electrons. The first-order chi connectivity index (χ1) is 29.4. The van der Waals surface area contributed by atoms with Gasteiger partial charge in [0.25, 0.3) is 0 Å². The summed E-state index contributed by atoms with van der Waals surface area (Å²) in [5, 5.41) is 3.34. The molecule has 0 amide bonds. The monoisotopic (exact) mass is 736 g/mol. The van der Waals surface area contributed by atoms with Gasteiger partial charge in [-0.1, -0.05) is 176 Å². The van der Waals surface area contributed by atoms with E-state index in [1.54, 1.807) is 11.3 Å². The van der Waals surface area contributed by atoms with Crippen molar-refractivity contribution in [1.29, 1.82) is 0 Å². The van der Waals surface area contributed by atoms with Gasteiger partial charge in [-0.15, -0.1) is 11.3 Å². The van der Waals surface area contributed by atoms with Gasteiger partial charge in [0.1, 0.15) is 0 Å². The zero-order valence-corrected chi connectivity index (χ0v) is 30.7. The molecule has 0 unspecified atom stereocenters. The summed E-state index contributed by atoms with van der Waals surface area (Å²) in [7, 11) is 0. The summed E-state index contributed by atoms with van der Waals surface area (Å²) >= 11 is 1.69. The van der Waals surface area contributed by atoms with Crippen molar-refractivity contribution >= 4 is 53.3 Å². The summed E-state index contributed by atoms with van der Waals surface area (Å²) in [6, 6.07) is 56.5. The van der Waals surface area contributed by atoms with Crippen molar-refractivity contribution in [2.75, 3.05) is 0 Å². The number of benzene rings is 8. The molecule has 11 aromatic rings. The summed E-state index contributed by atoms with van der Waals surface area (Å²) in [6.07, 6.45) is 0. The lowest BCUT2D eigenvalue weighted by Crippen LogP contribution is -2.07. The SMILES string of the molecule is [2H]c1c([2H])c([2H])c2c(c1[2H])c1cccc(-c3ccc(-c4ccccc4)cc3)c1n2-c1nc(-c2ccc(-c3ccccc3)cc2)nc(-c2cccc3c2sc2ccccc23)n1. The highest BCUT2D eigenvalue weighted by atomic mass is 32.1. The number of hydrogen-bond acceptors (Lipinski definition) is 4. The molecule has 0 atom stereocenters. The third kappa shape index (κ3) is 5.40. The van der Waals surface area contributed by atoms with E-state index < -0.39 is 0 Å². The zero-order valence-electron chi connectivity index (χ0n) is 33.9. The maximum absolute atomic E-state index is 9.38. The lowest BCUT2D eigenvalue weighted by Gasteiger charge is -2.14. The van der Waals surface area contributed by atoms with E-state index in [1.165, 1.54) is 0 Å². The molecule has 5 heteroatoms. The molecule has 0 N–H and O–H groups in total. The highest BCUT2D eigenvalue weighted by Crippen LogP contribution is 2.41. The van der Waals surface area contributed by atoms with Crippen molar-refractivity contribution in [3.8, 4) is 62.1 Å². The maximum atomic E-state index is 9.38. The van der Waals surface area contributed by atoms with E-state index in [-0.39, 0.29) is 30.1 Å². The normalized spacial score (nSPS) is 12.6. The van der Waals surface area contributed by atoms with Crippen LogP contribution in [0, 0.1) is 0 Å². The average Bonchev–Trinajstić information content (AvgIpc) is 3.88. The van der Waals surface area contributed by atoms with Crippen molar-refractivity contribution < 1.29 is 5.48 Å². The number of para-hydroxylation sites is 2. The Hall–Kier alpha value is -7.21. The second kappa shape index (κ2) is 13.3. The van der Waals surface area contributed by atoms with E-state index in [0.29, 0.717) is 33.5 Å². The average molecular weight is 737 g/mol. The second-order valence-corrected chi connectivity index (χ2v) is 14.8. The summed E-state index contributed by atoms with van der Waals surface area (Å²) in [5.41, 5.74) is 8.69. The predicted octanol–water partition coefficient (Wildman–Crippen LogP) is 13.7. The van der Waals surface area contributed by atoms with Crippen LogP contribution >= 0.6 is 11.3 Å². The molecule has 0 saturated carbocycles. The molecule has 3 aromatic heterocycles. The van der Waals surface area contributed by atoms with Crippen LogP contribution in [0.25, 0.3) is 104 Å². The van der Waals surface area contributed by atoms with Crippen LogP contribution in [0.1, 0.15) is 5.48 Å². The van der Waals surface area contributed by atoms with Gasteiger partial charge >= 0.3 is 0 Å². The molecule has 4 nitrogen and oxygen atoms in total. The van der Waals surface area contributed by atoms with Gasteiger partial charge < -0.3 is 0 Å². The van der Waals surface area contributed by atoms with Gasteiger partial charge in [-0.2, -0.15) is 9.97 Å². The van der Waals surface area contributed by atoms with Gasteiger partial charge in [-0.05, 0) is 46.0 Å². The molecule has 0 bridgehead atoms. The van der Waals surface area contributed by atoms with Crippen molar-refractivity contribution in [2.45, 2.75) is 0 Å². The quantitative estimate of drug-likeness (QED) is 0.171. The fraction of sp³-hybridized carbons (Fsp3) is 0. The van der Waals surface area contributed by atoms with E-state index in [1.807, 2.05) is 89.5 Å². The van der Waals surface area contributed by atoms with Crippen molar-refractivity contribution in [1.82, 2.24) is 19.5 Å². The van der Waals surface area contributed by atoms with Crippen LogP contribution in [0.2, 0.25) is 0 Å². The summed E-state index contributed by atoms with van der Waals surface area (Å²) in [6.45, 7) is 0. The van der Waals surface area contributed by atoms with Crippen LogP contribution in [-0.2, 0) is 0 Å². The maximum Gasteiger partial charge on any atom is 0.238 e. The van der Waals surface area contributed by atoms with E-state index in [2.05, 4.69) is 84.9 Å². The van der Waals surface area contributed by atoms with Crippen molar-refractivity contribution in [2.24, 2.45) is 0 Å². The van der Waals surface area contributed by atoms with Crippen molar-refractivity contribution in [3.05, 3.63) is 194 Å². The minimum atomic E-state index is -0.327. The van der Waals surface area contributed by atoms with Crippen molar-refractivity contribution in [3.63, 3.8) is 0 Å². The third-order valence-electron chi connectivity index (χ3n) is 10.4. The number of fused-ring (bicyclic) bond motifs is 6. The molecule has 0 fully saturated rings. The lowest BCUT2D eigenvalue weighted by molar-refractivity contribution is 0.955. The molecular weight excluding hydrogens is 701 g/mol. The first-order valence-corrected chi connectivity index (χ1v) is 19.3. The topological polar surface area (TPSA) is 43.6 Å². The van der Waals surface area contributed by atoms with Crippen LogP contribution in [0.4, 0.5) is 0 Å². The number of hydrogen-bond donors (Lipinski definition) is 0. The first kappa shape index (κ1) is 28.3. The minimum absolute atomic E-state index is 0.118. The summed E-state index contributed by atoms with van der Waals surface area (Å²) < 4.78 is 40.2. The summed E-state index contributed by atoms with van der Waals surface area (Å²) in [5.74, 6) is 1.15. The highest BCUT2D eigenvalue weighted by molar-refractivity contribution is 7.26. The Kier molecular flexibility index (Phi) is 6.70. The van der Waals surface area contributed by atoms with E-state index in [0.717, 1.165) is 64.7 Å². The third-order valence-corrected chi connectivity index (χ3v) is 11.7.